The summed E-state index contributed by atoms with van der Waals surface area (Å²) in [5.74, 6) is 0.289. The predicted octanol–water partition coefficient (Wildman–Crippen LogP) is 4.48. The van der Waals surface area contributed by atoms with Gasteiger partial charge in [-0.15, -0.1) is 0 Å². The molecule has 0 spiro atoms. The van der Waals surface area contributed by atoms with E-state index in [2.05, 4.69) is 5.32 Å². The molecule has 128 valence electrons. The highest BCUT2D eigenvalue weighted by atomic mass is 35.5. The second-order valence-corrected chi connectivity index (χ2v) is 6.56. The fourth-order valence-corrected chi connectivity index (χ4v) is 2.88. The SMILES string of the molecule is CC[C@H](C)Oc1ccc(/C=C(/C#N)C(=O)NC2CCCC2)cc1Cl. The average Bonchev–Trinajstić information content (AvgIpc) is 3.07. The van der Waals surface area contributed by atoms with Gasteiger partial charge in [-0.25, -0.2) is 0 Å². The average molecular weight is 347 g/mol. The smallest absolute Gasteiger partial charge is 0.262 e. The Bertz CT molecular complexity index is 658. The summed E-state index contributed by atoms with van der Waals surface area (Å²) in [6.45, 7) is 4.02. The van der Waals surface area contributed by atoms with Gasteiger partial charge in [0.05, 0.1) is 11.1 Å². The largest absolute Gasteiger partial charge is 0.489 e. The summed E-state index contributed by atoms with van der Waals surface area (Å²) < 4.78 is 5.72. The zero-order valence-corrected chi connectivity index (χ0v) is 14.9. The Morgan fingerprint density at radius 3 is 2.79 bits per heavy atom. The molecule has 0 saturated heterocycles. The Balaban J connectivity index is 2.11. The normalized spacial score (nSPS) is 16.5. The molecule has 1 amide bonds. The fourth-order valence-electron chi connectivity index (χ4n) is 2.65. The van der Waals surface area contributed by atoms with Crippen LogP contribution in [0.4, 0.5) is 0 Å². The summed E-state index contributed by atoms with van der Waals surface area (Å²) >= 11 is 6.24. The molecule has 1 aliphatic rings. The fraction of sp³-hybridized carbons (Fsp3) is 0.474. The van der Waals surface area contributed by atoms with E-state index in [1.807, 2.05) is 19.9 Å². The Kier molecular flexibility index (Phi) is 6.69. The lowest BCUT2D eigenvalue weighted by Gasteiger charge is -2.14. The minimum Gasteiger partial charge on any atom is -0.489 e. The Hall–Kier alpha value is -1.99. The molecule has 24 heavy (non-hydrogen) atoms. The van der Waals surface area contributed by atoms with Crippen molar-refractivity contribution in [1.82, 2.24) is 5.32 Å². The van der Waals surface area contributed by atoms with Crippen LogP contribution in [0, 0.1) is 11.3 Å². The predicted molar refractivity (Wildman–Crippen MR) is 95.8 cm³/mol. The van der Waals surface area contributed by atoms with E-state index >= 15 is 0 Å². The number of nitrogens with zero attached hydrogens (tertiary/aromatic N) is 1. The first kappa shape index (κ1) is 18.4. The highest BCUT2D eigenvalue weighted by molar-refractivity contribution is 6.32. The van der Waals surface area contributed by atoms with E-state index in [4.69, 9.17) is 16.3 Å². The number of carbonyl (C=O) groups is 1. The van der Waals surface area contributed by atoms with Crippen molar-refractivity contribution in [3.63, 3.8) is 0 Å². The molecule has 1 saturated carbocycles. The van der Waals surface area contributed by atoms with E-state index < -0.39 is 0 Å². The third kappa shape index (κ3) is 5.01. The summed E-state index contributed by atoms with van der Waals surface area (Å²) in [7, 11) is 0. The van der Waals surface area contributed by atoms with Gasteiger partial charge in [0.25, 0.3) is 5.91 Å². The lowest BCUT2D eigenvalue weighted by atomic mass is 10.1. The summed E-state index contributed by atoms with van der Waals surface area (Å²) in [4.78, 5) is 12.2. The number of halogens is 1. The third-order valence-corrected chi connectivity index (χ3v) is 4.52. The van der Waals surface area contributed by atoms with Gasteiger partial charge in [0.1, 0.15) is 17.4 Å². The van der Waals surface area contributed by atoms with Crippen molar-refractivity contribution in [1.29, 1.82) is 5.26 Å². The Labute approximate surface area is 148 Å². The summed E-state index contributed by atoms with van der Waals surface area (Å²) in [6.07, 6.45) is 6.75. The van der Waals surface area contributed by atoms with Gasteiger partial charge in [-0.1, -0.05) is 37.4 Å². The molecule has 1 aromatic rings. The first-order valence-corrected chi connectivity index (χ1v) is 8.80. The summed E-state index contributed by atoms with van der Waals surface area (Å²) in [6, 6.07) is 7.43. The van der Waals surface area contributed by atoms with Crippen LogP contribution in [-0.2, 0) is 4.79 Å². The molecule has 5 heteroatoms. The molecule has 0 aliphatic heterocycles. The van der Waals surface area contributed by atoms with Gasteiger partial charge < -0.3 is 10.1 Å². The lowest BCUT2D eigenvalue weighted by Crippen LogP contribution is -2.33. The molecule has 0 heterocycles. The third-order valence-electron chi connectivity index (χ3n) is 4.23. The minimum atomic E-state index is -0.319. The van der Waals surface area contributed by atoms with Crippen LogP contribution < -0.4 is 10.1 Å². The molecule has 1 aliphatic carbocycles. The number of ether oxygens (including phenoxy) is 1. The Morgan fingerprint density at radius 1 is 1.50 bits per heavy atom. The molecule has 2 rings (SSSR count). The number of nitrogens with one attached hydrogen (secondary N) is 1. The maximum Gasteiger partial charge on any atom is 0.262 e. The number of hydrogen-bond donors (Lipinski definition) is 1. The standard InChI is InChI=1S/C19H23ClN2O2/c1-3-13(2)24-18-9-8-14(11-17(18)20)10-15(12-21)19(23)22-16-6-4-5-7-16/h8-11,13,16H,3-7H2,1-2H3,(H,22,23)/b15-10-/t13-/m0/s1. The van der Waals surface area contributed by atoms with Gasteiger partial charge in [0.2, 0.25) is 0 Å². The van der Waals surface area contributed by atoms with E-state index in [1.165, 1.54) is 0 Å². The van der Waals surface area contributed by atoms with Gasteiger partial charge in [0.15, 0.2) is 0 Å². The zero-order valence-electron chi connectivity index (χ0n) is 14.1. The molecule has 0 bridgehead atoms. The van der Waals surface area contributed by atoms with E-state index in [9.17, 15) is 10.1 Å². The molecule has 1 fully saturated rings. The van der Waals surface area contributed by atoms with Crippen LogP contribution >= 0.6 is 11.6 Å². The van der Waals surface area contributed by atoms with E-state index in [0.29, 0.717) is 16.3 Å². The van der Waals surface area contributed by atoms with Crippen molar-refractivity contribution in [2.24, 2.45) is 0 Å². The first-order chi connectivity index (χ1) is 11.5. The molecule has 1 atom stereocenters. The summed E-state index contributed by atoms with van der Waals surface area (Å²) in [5.41, 5.74) is 0.795. The number of carbonyl (C=O) groups excluding carboxylic acids is 1. The van der Waals surface area contributed by atoms with Crippen LogP contribution in [0.15, 0.2) is 23.8 Å². The van der Waals surface area contributed by atoms with Crippen LogP contribution in [0.1, 0.15) is 51.5 Å². The van der Waals surface area contributed by atoms with Crippen molar-refractivity contribution in [3.05, 3.63) is 34.4 Å². The number of amides is 1. The van der Waals surface area contributed by atoms with Gasteiger partial charge in [-0.05, 0) is 50.0 Å². The molecule has 1 N–H and O–H groups in total. The second-order valence-electron chi connectivity index (χ2n) is 6.15. The van der Waals surface area contributed by atoms with Crippen LogP contribution in [0.3, 0.4) is 0 Å². The van der Waals surface area contributed by atoms with Crippen LogP contribution in [0.5, 0.6) is 5.75 Å². The first-order valence-electron chi connectivity index (χ1n) is 8.42. The van der Waals surface area contributed by atoms with Crippen molar-refractivity contribution >= 4 is 23.6 Å². The Morgan fingerprint density at radius 2 is 2.21 bits per heavy atom. The van der Waals surface area contributed by atoms with Crippen molar-refractivity contribution in [2.75, 3.05) is 0 Å². The highest BCUT2D eigenvalue weighted by Crippen LogP contribution is 2.28. The van der Waals surface area contributed by atoms with Crippen LogP contribution in [0.25, 0.3) is 6.08 Å². The maximum atomic E-state index is 12.2. The number of hydrogen-bond acceptors (Lipinski definition) is 3. The molecular formula is C19H23ClN2O2. The monoisotopic (exact) mass is 346 g/mol. The second kappa shape index (κ2) is 8.75. The zero-order chi connectivity index (χ0) is 17.5. The number of rotatable bonds is 6. The number of nitriles is 1. The van der Waals surface area contributed by atoms with Crippen LogP contribution in [-0.4, -0.2) is 18.1 Å². The highest BCUT2D eigenvalue weighted by Gasteiger charge is 2.19. The van der Waals surface area contributed by atoms with Gasteiger partial charge in [-0.2, -0.15) is 5.26 Å². The molecule has 0 unspecified atom stereocenters. The van der Waals surface area contributed by atoms with E-state index in [-0.39, 0.29) is 23.6 Å². The molecule has 4 nitrogen and oxygen atoms in total. The van der Waals surface area contributed by atoms with E-state index in [0.717, 1.165) is 32.1 Å². The van der Waals surface area contributed by atoms with Crippen LogP contribution in [0.2, 0.25) is 5.02 Å². The topological polar surface area (TPSA) is 62.1 Å². The number of benzene rings is 1. The lowest BCUT2D eigenvalue weighted by molar-refractivity contribution is -0.117. The summed E-state index contributed by atoms with van der Waals surface area (Å²) in [5, 5.41) is 12.7. The van der Waals surface area contributed by atoms with Gasteiger partial charge >= 0.3 is 0 Å². The van der Waals surface area contributed by atoms with Crippen molar-refractivity contribution in [3.8, 4) is 11.8 Å². The molecular weight excluding hydrogens is 324 g/mol. The maximum absolute atomic E-state index is 12.2. The quantitative estimate of drug-likeness (QED) is 0.610. The molecule has 0 aromatic heterocycles. The van der Waals surface area contributed by atoms with Gasteiger partial charge in [0, 0.05) is 6.04 Å². The molecule has 0 radical (unpaired) electrons. The molecule has 1 aromatic carbocycles. The van der Waals surface area contributed by atoms with Crippen molar-refractivity contribution in [2.45, 2.75) is 58.1 Å². The van der Waals surface area contributed by atoms with Crippen molar-refractivity contribution < 1.29 is 9.53 Å². The van der Waals surface area contributed by atoms with E-state index in [1.54, 1.807) is 24.3 Å². The minimum absolute atomic E-state index is 0.0794. The van der Waals surface area contributed by atoms with Gasteiger partial charge in [-0.3, -0.25) is 4.79 Å².